The molecule has 6 fully saturated rings. The topological polar surface area (TPSA) is 154 Å². The van der Waals surface area contributed by atoms with E-state index >= 15 is 8.78 Å². The number of halogens is 8. The summed E-state index contributed by atoms with van der Waals surface area (Å²) < 4.78 is 134. The van der Waals surface area contributed by atoms with Crippen molar-refractivity contribution < 1.29 is 78.4 Å². The van der Waals surface area contributed by atoms with E-state index in [0.29, 0.717) is 133 Å². The Bertz CT molecular complexity index is 3220. The van der Waals surface area contributed by atoms with Crippen LogP contribution in [0.25, 0.3) is 0 Å². The molecule has 0 radical (unpaired) electrons. The van der Waals surface area contributed by atoms with E-state index in [2.05, 4.69) is 5.32 Å². The van der Waals surface area contributed by atoms with Crippen LogP contribution in [0, 0.1) is 11.8 Å². The Hall–Kier alpha value is -6.72. The molecular formula is C72H96F8N6O9. The highest BCUT2D eigenvalue weighted by atomic mass is 19.4. The van der Waals surface area contributed by atoms with Gasteiger partial charge < -0.3 is 44.1 Å². The number of aliphatic carboxylic acids is 1. The molecule has 6 aliphatic heterocycles. The van der Waals surface area contributed by atoms with Crippen LogP contribution >= 0.6 is 0 Å². The second-order valence-electron chi connectivity index (χ2n) is 27.9. The molecule has 0 unspecified atom stereocenters. The van der Waals surface area contributed by atoms with Crippen LogP contribution in [0.2, 0.25) is 0 Å². The van der Waals surface area contributed by atoms with Crippen molar-refractivity contribution in [3.8, 4) is 11.5 Å². The van der Waals surface area contributed by atoms with E-state index in [0.717, 1.165) is 48.7 Å². The number of methoxy groups -OCH3 is 2. The summed E-state index contributed by atoms with van der Waals surface area (Å²) in [6.45, 7) is 21.2. The van der Waals surface area contributed by atoms with E-state index in [1.165, 1.54) is 18.2 Å². The van der Waals surface area contributed by atoms with E-state index in [-0.39, 0.29) is 59.8 Å². The Balaban J connectivity index is 0.000000202. The van der Waals surface area contributed by atoms with Crippen LogP contribution in [0.1, 0.15) is 164 Å². The maximum absolute atomic E-state index is 17.2. The lowest BCUT2D eigenvalue weighted by Crippen LogP contribution is -2.53. The summed E-state index contributed by atoms with van der Waals surface area (Å²) >= 11 is 0. The number of nitrogens with one attached hydrogen (secondary N) is 1. The molecule has 95 heavy (non-hydrogen) atoms. The number of anilines is 2. The number of carboxylic acids is 1. The van der Waals surface area contributed by atoms with Crippen molar-refractivity contribution in [3.63, 3.8) is 0 Å². The molecule has 1 amide bonds. The van der Waals surface area contributed by atoms with Gasteiger partial charge in [0.05, 0.1) is 50.4 Å². The van der Waals surface area contributed by atoms with E-state index in [1.807, 2.05) is 73.3 Å². The molecule has 4 aromatic carbocycles. The van der Waals surface area contributed by atoms with Crippen LogP contribution in [-0.2, 0) is 41.0 Å². The molecule has 4 aromatic rings. The Kier molecular flexibility index (Phi) is 24.0. The highest BCUT2D eigenvalue weighted by Crippen LogP contribution is 2.47. The number of ether oxygens (including phenoxy) is 4. The van der Waals surface area contributed by atoms with Crippen molar-refractivity contribution in [1.82, 2.24) is 20.0 Å². The smallest absolute Gasteiger partial charge is 0.416 e. The summed E-state index contributed by atoms with van der Waals surface area (Å²) in [6.07, 6.45) is -3.75. The predicted octanol–water partition coefficient (Wildman–Crippen LogP) is 13.4. The molecule has 4 atom stereocenters. The fraction of sp³-hybridized carbons (Fsp3) is 0.611. The summed E-state index contributed by atoms with van der Waals surface area (Å²) in [6, 6.07) is 22.2. The zero-order valence-electron chi connectivity index (χ0n) is 56.6. The molecule has 0 aromatic heterocycles. The van der Waals surface area contributed by atoms with Gasteiger partial charge in [-0.05, 0) is 202 Å². The number of hydrogen-bond acceptors (Lipinski definition) is 13. The number of piperidine rings is 4. The van der Waals surface area contributed by atoms with Gasteiger partial charge in [-0.1, -0.05) is 36.4 Å². The fourth-order valence-corrected chi connectivity index (χ4v) is 14.2. The highest BCUT2D eigenvalue weighted by molar-refractivity contribution is 5.88. The number of amides is 1. The van der Waals surface area contributed by atoms with Gasteiger partial charge in [-0.25, -0.2) is 13.6 Å². The molecule has 10 rings (SSSR count). The van der Waals surface area contributed by atoms with Crippen molar-refractivity contribution in [3.05, 3.63) is 118 Å². The summed E-state index contributed by atoms with van der Waals surface area (Å²) in [5, 5.41) is 12.7. The number of nitrogens with zero attached hydrogens (tertiary/aromatic N) is 5. The standard InChI is InChI=1S/C36H47F4N3O4.C20H27F3N2O2.C16H22FNO3/c1-6-47-32(44)26-15-17-41(18-16-26)31-21-27(36(38,39)40)9-12-29(31)24-13-19-42(20-14-24)33(45)35(37)23-43(34(2,3)4)22-30(35)25-7-10-28(46-5)11-8-25;1-2-27-19(26)15-7-11-25(12-8-15)18-13-16(20(21,22)23)3-4-17(18)14-5-9-24-10-6-14;1-15(2,3)18-9-13(16(17,10-18)14(19)20)11-5-7-12(21-4)8-6-11/h7-12,21,24,26,30H,6,13-20,22-23H2,1-5H3;3-4,13-15,24H,2,5-12H2,1H3;5-8,13H,9-10H2,1-4H3,(H,19,20)/t30-,35-;;13-,16-/m0.0/s1. The third kappa shape index (κ3) is 17.7. The first-order chi connectivity index (χ1) is 44.7. The highest BCUT2D eigenvalue weighted by Gasteiger charge is 2.58. The number of hydrogen-bond donors (Lipinski definition) is 2. The van der Waals surface area contributed by atoms with Crippen molar-refractivity contribution in [2.75, 3.05) is 116 Å². The minimum absolute atomic E-state index is 0.0171. The normalized spacial score (nSPS) is 23.3. The Morgan fingerprint density at radius 3 is 1.24 bits per heavy atom. The molecular weight excluding hydrogens is 1240 g/mol. The van der Waals surface area contributed by atoms with Gasteiger partial charge in [-0.2, -0.15) is 26.3 Å². The maximum atomic E-state index is 17.2. The van der Waals surface area contributed by atoms with Gasteiger partial charge in [0, 0.05) is 99.7 Å². The summed E-state index contributed by atoms with van der Waals surface area (Å²) in [4.78, 5) is 59.2. The molecule has 0 spiro atoms. The van der Waals surface area contributed by atoms with Crippen molar-refractivity contribution in [2.24, 2.45) is 11.8 Å². The third-order valence-corrected chi connectivity index (χ3v) is 20.0. The Labute approximate surface area is 554 Å². The SMILES string of the molecule is CCOC(=O)C1CCN(c2cc(C(F)(F)F)ccc2C2CCN(C(=O)[C@]3(F)CN(C(C)(C)C)C[C@H]3c3ccc(OC)cc3)CC2)CC1.CCOC(=O)C1CCN(c2cc(C(F)(F)F)ccc2C2CCNCC2)CC1.COc1ccc([C@@H]2CN(C(C)(C)C)C[C@@]2(F)C(=O)O)cc1. The van der Waals surface area contributed by atoms with Crippen LogP contribution in [0.15, 0.2) is 84.9 Å². The Morgan fingerprint density at radius 2 is 0.895 bits per heavy atom. The maximum Gasteiger partial charge on any atom is 0.416 e. The molecule has 0 saturated carbocycles. The van der Waals surface area contributed by atoms with Crippen molar-refractivity contribution in [1.29, 1.82) is 0 Å². The predicted molar refractivity (Wildman–Crippen MR) is 349 cm³/mol. The van der Waals surface area contributed by atoms with E-state index in [1.54, 1.807) is 81.5 Å². The molecule has 0 aliphatic carbocycles. The quantitative estimate of drug-likeness (QED) is 0.0909. The lowest BCUT2D eigenvalue weighted by Gasteiger charge is -2.39. The number of carbonyl (C=O) groups excluding carboxylic acids is 3. The minimum atomic E-state index is -4.50. The van der Waals surface area contributed by atoms with Gasteiger partial charge >= 0.3 is 30.3 Å². The number of rotatable bonds is 14. The number of alkyl halides is 8. The van der Waals surface area contributed by atoms with Gasteiger partial charge in [0.15, 0.2) is 0 Å². The fourth-order valence-electron chi connectivity index (χ4n) is 14.2. The summed E-state index contributed by atoms with van der Waals surface area (Å²) in [5.74, 6) is -2.64. The first-order valence-electron chi connectivity index (χ1n) is 33.4. The molecule has 6 saturated heterocycles. The molecule has 2 N–H and O–H groups in total. The summed E-state index contributed by atoms with van der Waals surface area (Å²) in [7, 11) is 3.13. The van der Waals surface area contributed by atoms with Crippen LogP contribution < -0.4 is 24.6 Å². The number of benzene rings is 4. The van der Waals surface area contributed by atoms with Crippen molar-refractivity contribution >= 4 is 35.2 Å². The average molecular weight is 1340 g/mol. The second kappa shape index (κ2) is 30.8. The molecule has 6 heterocycles. The Morgan fingerprint density at radius 1 is 0.526 bits per heavy atom. The van der Waals surface area contributed by atoms with Crippen molar-refractivity contribution in [2.45, 2.75) is 165 Å². The van der Waals surface area contributed by atoms with Crippen LogP contribution in [0.3, 0.4) is 0 Å². The zero-order chi connectivity index (χ0) is 69.4. The van der Waals surface area contributed by atoms with E-state index in [9.17, 15) is 50.6 Å². The van der Waals surface area contributed by atoms with E-state index in [4.69, 9.17) is 18.9 Å². The van der Waals surface area contributed by atoms with Gasteiger partial charge in [-0.15, -0.1) is 0 Å². The van der Waals surface area contributed by atoms with Gasteiger partial charge in [0.1, 0.15) is 11.5 Å². The lowest BCUT2D eigenvalue weighted by molar-refractivity contribution is -0.151. The molecule has 0 bridgehead atoms. The first kappa shape index (κ1) is 74.1. The van der Waals surface area contributed by atoms with Gasteiger partial charge in [-0.3, -0.25) is 24.2 Å². The zero-order valence-corrected chi connectivity index (χ0v) is 56.6. The van der Waals surface area contributed by atoms with E-state index < -0.39 is 58.5 Å². The number of likely N-dealkylation sites (tertiary alicyclic amines) is 3. The average Bonchev–Trinajstić information content (AvgIpc) is 1.67. The van der Waals surface area contributed by atoms with Gasteiger partial charge in [0.2, 0.25) is 11.3 Å². The number of carboxylic acid groups (broad SMARTS) is 1. The molecule has 23 heteroatoms. The third-order valence-electron chi connectivity index (χ3n) is 20.0. The molecule has 15 nitrogen and oxygen atoms in total. The summed E-state index contributed by atoms with van der Waals surface area (Å²) in [5.41, 5.74) is -1.90. The first-order valence-corrected chi connectivity index (χ1v) is 33.4. The monoisotopic (exact) mass is 1340 g/mol. The number of carbonyl (C=O) groups is 4. The van der Waals surface area contributed by atoms with Crippen LogP contribution in [0.5, 0.6) is 11.5 Å². The molecule has 524 valence electrons. The van der Waals surface area contributed by atoms with Gasteiger partial charge in [0.25, 0.3) is 5.91 Å². The van der Waals surface area contributed by atoms with Crippen LogP contribution in [0.4, 0.5) is 46.5 Å². The van der Waals surface area contributed by atoms with Crippen LogP contribution in [-0.4, -0.2) is 172 Å². The largest absolute Gasteiger partial charge is 0.497 e. The second-order valence-corrected chi connectivity index (χ2v) is 27.9. The minimum Gasteiger partial charge on any atom is -0.497 e. The molecule has 6 aliphatic rings. The number of esters is 2. The lowest BCUT2D eigenvalue weighted by atomic mass is 9.83.